The minimum atomic E-state index is -0.403. The van der Waals surface area contributed by atoms with Gasteiger partial charge in [-0.3, -0.25) is 9.59 Å². The molecular formula is C22H32N2O4. The summed E-state index contributed by atoms with van der Waals surface area (Å²) in [6.45, 7) is 4.11. The summed E-state index contributed by atoms with van der Waals surface area (Å²) in [5.74, 6) is 0.676. The van der Waals surface area contributed by atoms with Gasteiger partial charge < -0.3 is 20.1 Å². The molecule has 1 saturated carbocycles. The van der Waals surface area contributed by atoms with Crippen molar-refractivity contribution in [2.24, 2.45) is 5.41 Å². The number of benzene rings is 1. The lowest BCUT2D eigenvalue weighted by Gasteiger charge is -2.37. The highest BCUT2D eigenvalue weighted by Gasteiger charge is 2.53. The van der Waals surface area contributed by atoms with Crippen molar-refractivity contribution in [3.8, 4) is 5.75 Å². The molecule has 154 valence electrons. The third-order valence-corrected chi connectivity index (χ3v) is 6.53. The molecule has 1 heterocycles. The van der Waals surface area contributed by atoms with Gasteiger partial charge in [-0.25, -0.2) is 0 Å². The SMILES string of the molecule is COc1cccc(CC(=O)NC[C@H]2C[C@@]3(C)[C@@H](O)CCCC[C@H]3N2C(C)=O)c1. The predicted octanol–water partition coefficient (Wildman–Crippen LogP) is 2.28. The molecule has 6 nitrogen and oxygen atoms in total. The number of carbonyl (C=O) groups is 2. The van der Waals surface area contributed by atoms with Crippen LogP contribution in [0.4, 0.5) is 0 Å². The number of ether oxygens (including phenoxy) is 1. The van der Waals surface area contributed by atoms with E-state index < -0.39 is 6.10 Å². The number of likely N-dealkylation sites (tertiary alicyclic amines) is 1. The first-order valence-electron chi connectivity index (χ1n) is 10.2. The van der Waals surface area contributed by atoms with Crippen molar-refractivity contribution in [1.29, 1.82) is 0 Å². The highest BCUT2D eigenvalue weighted by atomic mass is 16.5. The number of carbonyl (C=O) groups excluding carboxylic acids is 2. The van der Waals surface area contributed by atoms with Crippen molar-refractivity contribution in [2.45, 2.75) is 70.6 Å². The molecule has 0 unspecified atom stereocenters. The summed E-state index contributed by atoms with van der Waals surface area (Å²) in [6.07, 6.45) is 4.32. The Balaban J connectivity index is 1.65. The van der Waals surface area contributed by atoms with Crippen LogP contribution in [0.1, 0.15) is 51.5 Å². The van der Waals surface area contributed by atoms with Crippen molar-refractivity contribution >= 4 is 11.8 Å². The average molecular weight is 389 g/mol. The zero-order valence-corrected chi connectivity index (χ0v) is 17.1. The number of methoxy groups -OCH3 is 1. The van der Waals surface area contributed by atoms with E-state index in [-0.39, 0.29) is 35.7 Å². The van der Waals surface area contributed by atoms with E-state index in [1.165, 1.54) is 0 Å². The fourth-order valence-corrected chi connectivity index (χ4v) is 5.06. The maximum absolute atomic E-state index is 12.5. The van der Waals surface area contributed by atoms with Crippen LogP contribution in [-0.2, 0) is 16.0 Å². The number of nitrogens with one attached hydrogen (secondary N) is 1. The second-order valence-electron chi connectivity index (χ2n) is 8.44. The number of nitrogens with zero attached hydrogens (tertiary/aromatic N) is 1. The number of aliphatic hydroxyl groups is 1. The van der Waals surface area contributed by atoms with Crippen LogP contribution in [0.3, 0.4) is 0 Å². The van der Waals surface area contributed by atoms with Gasteiger partial charge in [-0.15, -0.1) is 0 Å². The van der Waals surface area contributed by atoms with Crippen LogP contribution in [0.5, 0.6) is 5.75 Å². The maximum atomic E-state index is 12.5. The smallest absolute Gasteiger partial charge is 0.224 e. The Morgan fingerprint density at radius 3 is 2.79 bits per heavy atom. The molecule has 3 rings (SSSR count). The van der Waals surface area contributed by atoms with Crippen LogP contribution < -0.4 is 10.1 Å². The summed E-state index contributed by atoms with van der Waals surface area (Å²) in [7, 11) is 1.60. The Bertz CT molecular complexity index is 722. The topological polar surface area (TPSA) is 78.9 Å². The minimum Gasteiger partial charge on any atom is -0.497 e. The highest BCUT2D eigenvalue weighted by Crippen LogP contribution is 2.48. The van der Waals surface area contributed by atoms with E-state index in [4.69, 9.17) is 4.74 Å². The first-order chi connectivity index (χ1) is 13.3. The molecule has 0 radical (unpaired) electrons. The molecule has 0 aromatic heterocycles. The molecule has 2 amide bonds. The van der Waals surface area contributed by atoms with Gasteiger partial charge in [0.15, 0.2) is 0 Å². The first-order valence-corrected chi connectivity index (χ1v) is 10.2. The lowest BCUT2D eigenvalue weighted by molar-refractivity contribution is -0.133. The standard InChI is InChI=1S/C22H32N2O4/c1-15(25)24-17(13-22(2)19(24)9-4-5-10-20(22)26)14-23-21(27)12-16-7-6-8-18(11-16)28-3/h6-8,11,17,19-20,26H,4-5,9-10,12-14H2,1-3H3,(H,23,27)/t17-,19-,20+,22-/m1/s1. The average Bonchev–Trinajstić information content (AvgIpc) is 2.88. The summed E-state index contributed by atoms with van der Waals surface area (Å²) < 4.78 is 5.20. The lowest BCUT2D eigenvalue weighted by Crippen LogP contribution is -2.48. The van der Waals surface area contributed by atoms with Crippen molar-refractivity contribution in [3.05, 3.63) is 29.8 Å². The highest BCUT2D eigenvalue weighted by molar-refractivity contribution is 5.79. The van der Waals surface area contributed by atoms with Gasteiger partial charge in [-0.2, -0.15) is 0 Å². The van der Waals surface area contributed by atoms with E-state index in [1.54, 1.807) is 14.0 Å². The van der Waals surface area contributed by atoms with Gasteiger partial charge in [0.25, 0.3) is 0 Å². The normalized spacial score (nSPS) is 29.7. The molecule has 2 aliphatic rings. The van der Waals surface area contributed by atoms with Gasteiger partial charge in [0.05, 0.1) is 25.7 Å². The van der Waals surface area contributed by atoms with Crippen LogP contribution in [0.25, 0.3) is 0 Å². The van der Waals surface area contributed by atoms with Crippen LogP contribution in [-0.4, -0.2) is 53.7 Å². The molecule has 4 atom stereocenters. The summed E-state index contributed by atoms with van der Waals surface area (Å²) in [6, 6.07) is 7.44. The van der Waals surface area contributed by atoms with Crippen molar-refractivity contribution in [3.63, 3.8) is 0 Å². The number of fused-ring (bicyclic) bond motifs is 1. The Morgan fingerprint density at radius 1 is 1.32 bits per heavy atom. The van der Waals surface area contributed by atoms with E-state index in [9.17, 15) is 14.7 Å². The maximum Gasteiger partial charge on any atom is 0.224 e. The van der Waals surface area contributed by atoms with E-state index >= 15 is 0 Å². The van der Waals surface area contributed by atoms with E-state index in [1.807, 2.05) is 29.2 Å². The van der Waals surface area contributed by atoms with Crippen LogP contribution in [0.2, 0.25) is 0 Å². The lowest BCUT2D eigenvalue weighted by atomic mass is 9.75. The number of rotatable bonds is 5. The van der Waals surface area contributed by atoms with Crippen LogP contribution >= 0.6 is 0 Å². The number of hydrogen-bond donors (Lipinski definition) is 2. The Hall–Kier alpha value is -2.08. The van der Waals surface area contributed by atoms with Gasteiger partial charge >= 0.3 is 0 Å². The fraction of sp³-hybridized carbons (Fsp3) is 0.636. The zero-order valence-electron chi connectivity index (χ0n) is 17.1. The van der Waals surface area contributed by atoms with Crippen LogP contribution in [0.15, 0.2) is 24.3 Å². The molecule has 1 aromatic rings. The largest absolute Gasteiger partial charge is 0.497 e. The zero-order chi connectivity index (χ0) is 20.3. The van der Waals surface area contributed by atoms with Crippen molar-refractivity contribution < 1.29 is 19.4 Å². The third-order valence-electron chi connectivity index (χ3n) is 6.53. The molecule has 28 heavy (non-hydrogen) atoms. The molecule has 1 aromatic carbocycles. The summed E-state index contributed by atoms with van der Waals surface area (Å²) in [5, 5.41) is 13.7. The molecule has 6 heteroatoms. The Kier molecular flexibility index (Phi) is 6.28. The number of hydrogen-bond acceptors (Lipinski definition) is 4. The van der Waals surface area contributed by atoms with Gasteiger partial charge in [0.1, 0.15) is 5.75 Å². The van der Waals surface area contributed by atoms with Gasteiger partial charge in [0.2, 0.25) is 11.8 Å². The second kappa shape index (κ2) is 8.52. The van der Waals surface area contributed by atoms with Gasteiger partial charge in [0, 0.05) is 24.9 Å². The molecule has 2 fully saturated rings. The monoisotopic (exact) mass is 388 g/mol. The van der Waals surface area contributed by atoms with E-state index in [0.29, 0.717) is 6.54 Å². The third kappa shape index (κ3) is 4.17. The quantitative estimate of drug-likeness (QED) is 0.811. The fourth-order valence-electron chi connectivity index (χ4n) is 5.06. The van der Waals surface area contributed by atoms with Gasteiger partial charge in [-0.1, -0.05) is 31.9 Å². The molecule has 1 aliphatic heterocycles. The second-order valence-corrected chi connectivity index (χ2v) is 8.44. The molecule has 0 bridgehead atoms. The summed E-state index contributed by atoms with van der Waals surface area (Å²) >= 11 is 0. The van der Waals surface area contributed by atoms with Crippen LogP contribution in [0, 0.1) is 5.41 Å². The van der Waals surface area contributed by atoms with Crippen molar-refractivity contribution in [1.82, 2.24) is 10.2 Å². The van der Waals surface area contributed by atoms with Crippen molar-refractivity contribution in [2.75, 3.05) is 13.7 Å². The molecule has 2 N–H and O–H groups in total. The van der Waals surface area contributed by atoms with E-state index in [0.717, 1.165) is 43.4 Å². The number of aliphatic hydroxyl groups excluding tert-OH is 1. The molecule has 0 spiro atoms. The molecular weight excluding hydrogens is 356 g/mol. The molecule has 1 saturated heterocycles. The predicted molar refractivity (Wildman–Crippen MR) is 107 cm³/mol. The minimum absolute atomic E-state index is 0.0230. The Labute approximate surface area is 167 Å². The van der Waals surface area contributed by atoms with E-state index in [2.05, 4.69) is 12.2 Å². The first kappa shape index (κ1) is 20.6. The Morgan fingerprint density at radius 2 is 2.07 bits per heavy atom. The summed E-state index contributed by atoms with van der Waals surface area (Å²) in [4.78, 5) is 26.8. The number of amides is 2. The molecule has 1 aliphatic carbocycles. The van der Waals surface area contributed by atoms with Gasteiger partial charge in [-0.05, 0) is 37.0 Å². The summed E-state index contributed by atoms with van der Waals surface area (Å²) in [5.41, 5.74) is 0.587.